The maximum Gasteiger partial charge on any atom is 0.339 e. The summed E-state index contributed by atoms with van der Waals surface area (Å²) in [6.45, 7) is 2.56. The highest BCUT2D eigenvalue weighted by molar-refractivity contribution is 7.87. The normalized spacial score (nSPS) is 20.1. The summed E-state index contributed by atoms with van der Waals surface area (Å²) in [5, 5.41) is 1.50. The van der Waals surface area contributed by atoms with Crippen LogP contribution in [0.3, 0.4) is 0 Å². The first-order valence-corrected chi connectivity index (χ1v) is 15.0. The number of fused-ring (bicyclic) bond motifs is 1. The molecule has 0 saturated carbocycles. The van der Waals surface area contributed by atoms with Crippen molar-refractivity contribution in [1.82, 2.24) is 0 Å². The molecule has 2 aliphatic rings. The molecule has 4 aromatic rings. The quantitative estimate of drug-likeness (QED) is 0.193. The zero-order valence-corrected chi connectivity index (χ0v) is 23.5. The predicted octanol–water partition coefficient (Wildman–Crippen LogP) is 5.29. The number of carbonyl (C=O) groups excluding carboxylic acids is 2. The molecule has 0 bridgehead atoms. The average Bonchev–Trinajstić information content (AvgIpc) is 3.52. The first-order valence-electron chi connectivity index (χ1n) is 13.6. The van der Waals surface area contributed by atoms with E-state index in [9.17, 15) is 18.0 Å². The Labute approximate surface area is 243 Å². The molecule has 2 amide bonds. The topological polar surface area (TPSA) is 102 Å². The van der Waals surface area contributed by atoms with Crippen molar-refractivity contribution in [3.05, 3.63) is 115 Å². The van der Waals surface area contributed by atoms with Gasteiger partial charge in [0.05, 0.1) is 24.0 Å². The second kappa shape index (κ2) is 11.3. The predicted molar refractivity (Wildman–Crippen MR) is 155 cm³/mol. The van der Waals surface area contributed by atoms with Crippen LogP contribution in [0.15, 0.2) is 114 Å². The minimum atomic E-state index is -4.19. The molecule has 0 aliphatic carbocycles. The van der Waals surface area contributed by atoms with E-state index in [0.29, 0.717) is 29.3 Å². The van der Waals surface area contributed by atoms with Gasteiger partial charge in [-0.05, 0) is 61.0 Å². The molecule has 6 rings (SSSR count). The van der Waals surface area contributed by atoms with Crippen molar-refractivity contribution in [2.45, 2.75) is 30.4 Å². The summed E-state index contributed by atoms with van der Waals surface area (Å²) < 4.78 is 37.7. The number of hydrogen-bond donors (Lipinski definition) is 0. The molecule has 2 saturated heterocycles. The van der Waals surface area contributed by atoms with Crippen LogP contribution in [0.25, 0.3) is 0 Å². The number of amides is 2. The van der Waals surface area contributed by atoms with Gasteiger partial charge in [0.25, 0.3) is 5.91 Å². The molecular weight excluding hydrogens is 556 g/mol. The van der Waals surface area contributed by atoms with Gasteiger partial charge < -0.3 is 8.92 Å². The van der Waals surface area contributed by atoms with Gasteiger partial charge in [0, 0.05) is 5.56 Å². The highest BCUT2D eigenvalue weighted by Crippen LogP contribution is 2.49. The number of benzene rings is 4. The molecule has 10 heteroatoms. The summed E-state index contributed by atoms with van der Waals surface area (Å²) in [6, 6.07) is 29.3. The van der Waals surface area contributed by atoms with Crippen molar-refractivity contribution in [2.75, 3.05) is 16.6 Å². The van der Waals surface area contributed by atoms with Crippen molar-refractivity contribution in [3.63, 3.8) is 0 Å². The van der Waals surface area contributed by atoms with Crippen molar-refractivity contribution in [1.29, 1.82) is 0 Å². The first kappa shape index (κ1) is 27.5. The Morgan fingerprint density at radius 1 is 0.762 bits per heavy atom. The number of ether oxygens (including phenoxy) is 1. The van der Waals surface area contributed by atoms with E-state index in [1.54, 1.807) is 72.8 Å². The van der Waals surface area contributed by atoms with E-state index in [-0.39, 0.29) is 10.6 Å². The van der Waals surface area contributed by atoms with Gasteiger partial charge >= 0.3 is 10.1 Å². The third-order valence-corrected chi connectivity index (χ3v) is 8.41. The molecule has 214 valence electrons. The van der Waals surface area contributed by atoms with E-state index < -0.39 is 40.0 Å². The van der Waals surface area contributed by atoms with Crippen LogP contribution >= 0.6 is 0 Å². The zero-order valence-electron chi connectivity index (χ0n) is 22.7. The molecule has 0 N–H and O–H groups in total. The largest absolute Gasteiger partial charge is 0.494 e. The van der Waals surface area contributed by atoms with Gasteiger partial charge in [-0.1, -0.05) is 61.5 Å². The van der Waals surface area contributed by atoms with Gasteiger partial charge in [-0.3, -0.25) is 14.4 Å². The maximum absolute atomic E-state index is 14.0. The number of rotatable bonds is 9. The van der Waals surface area contributed by atoms with Gasteiger partial charge in [-0.15, -0.1) is 0 Å². The van der Waals surface area contributed by atoms with Gasteiger partial charge in [-0.2, -0.15) is 8.42 Å². The summed E-state index contributed by atoms with van der Waals surface area (Å²) in [6.07, 6.45) is -0.277. The van der Waals surface area contributed by atoms with Gasteiger partial charge in [0.15, 0.2) is 6.10 Å². The molecule has 42 heavy (non-hydrogen) atoms. The van der Waals surface area contributed by atoms with Crippen molar-refractivity contribution < 1.29 is 31.8 Å². The van der Waals surface area contributed by atoms with Crippen LogP contribution in [-0.2, 0) is 24.5 Å². The molecule has 0 unspecified atom stereocenters. The number of anilines is 2. The summed E-state index contributed by atoms with van der Waals surface area (Å²) in [5.41, 5.74) is 1.38. The lowest BCUT2D eigenvalue weighted by Gasteiger charge is -2.29. The minimum absolute atomic E-state index is 0.00933. The highest BCUT2D eigenvalue weighted by atomic mass is 32.2. The maximum atomic E-state index is 14.0. The highest BCUT2D eigenvalue weighted by Gasteiger charge is 2.60. The third-order valence-electron chi connectivity index (χ3n) is 7.16. The minimum Gasteiger partial charge on any atom is -0.494 e. The van der Waals surface area contributed by atoms with Gasteiger partial charge in [0.2, 0.25) is 5.91 Å². The Morgan fingerprint density at radius 2 is 1.40 bits per heavy atom. The Bertz CT molecular complexity index is 1700. The molecule has 0 aromatic heterocycles. The molecular formula is C32H28N2O7S. The van der Waals surface area contributed by atoms with E-state index >= 15 is 0 Å². The summed E-state index contributed by atoms with van der Waals surface area (Å²) in [5.74, 6) is -1.28. The lowest BCUT2D eigenvalue weighted by Crippen LogP contribution is -2.37. The molecule has 2 aliphatic heterocycles. The van der Waals surface area contributed by atoms with E-state index in [1.165, 1.54) is 23.3 Å². The SMILES string of the molecule is CCCOc1ccc(N2C(=O)[C@@H]3[C@H](ON(c4ccccc4)[C@H]3c3ccccc3OS(=O)(=O)c3ccccc3)C2=O)cc1. The van der Waals surface area contributed by atoms with Crippen molar-refractivity contribution >= 4 is 33.3 Å². The second-order valence-electron chi connectivity index (χ2n) is 9.90. The molecule has 4 aromatic carbocycles. The second-order valence-corrected chi connectivity index (χ2v) is 11.4. The monoisotopic (exact) mass is 584 g/mol. The summed E-state index contributed by atoms with van der Waals surface area (Å²) >= 11 is 0. The van der Waals surface area contributed by atoms with Crippen LogP contribution in [0, 0.1) is 5.92 Å². The van der Waals surface area contributed by atoms with Crippen LogP contribution < -0.4 is 18.9 Å². The molecule has 9 nitrogen and oxygen atoms in total. The number of hydroxylamine groups is 1. The fraction of sp³-hybridized carbons (Fsp3) is 0.188. The smallest absolute Gasteiger partial charge is 0.339 e. The van der Waals surface area contributed by atoms with Gasteiger partial charge in [-0.25, -0.2) is 9.96 Å². The Balaban J connectivity index is 1.39. The van der Waals surface area contributed by atoms with Crippen LogP contribution in [0.4, 0.5) is 11.4 Å². The van der Waals surface area contributed by atoms with Crippen LogP contribution in [0.2, 0.25) is 0 Å². The number of carbonyl (C=O) groups is 2. The van der Waals surface area contributed by atoms with E-state index in [0.717, 1.165) is 11.3 Å². The van der Waals surface area contributed by atoms with Crippen molar-refractivity contribution in [2.24, 2.45) is 5.92 Å². The summed E-state index contributed by atoms with van der Waals surface area (Å²) in [4.78, 5) is 35.1. The number of para-hydroxylation sites is 2. The number of hydrogen-bond acceptors (Lipinski definition) is 8. The Morgan fingerprint density at radius 3 is 2.10 bits per heavy atom. The van der Waals surface area contributed by atoms with Crippen molar-refractivity contribution in [3.8, 4) is 11.5 Å². The number of nitrogens with zero attached hydrogens (tertiary/aromatic N) is 2. The van der Waals surface area contributed by atoms with Gasteiger partial charge in [0.1, 0.15) is 22.3 Å². The fourth-order valence-corrected chi connectivity index (χ4v) is 6.22. The first-order chi connectivity index (χ1) is 20.4. The molecule has 3 atom stereocenters. The molecule has 2 fully saturated rings. The number of imide groups is 1. The fourth-order valence-electron chi connectivity index (χ4n) is 5.25. The standard InChI is InChI=1S/C32H28N2O7S/c1-2-21-39-24-19-17-22(18-20-24)33-31(35)28-29(34(40-30(28)32(33)36)23-11-5-3-6-12-23)26-15-9-10-16-27(26)41-42(37,38)25-13-7-4-8-14-25/h3-20,28-30H,2,21H2,1H3/t28-,29-,30-/m0/s1. The lowest BCUT2D eigenvalue weighted by atomic mass is 9.90. The third kappa shape index (κ3) is 4.99. The Kier molecular flexibility index (Phi) is 7.40. The lowest BCUT2D eigenvalue weighted by molar-refractivity contribution is -0.126. The van der Waals surface area contributed by atoms with Crippen LogP contribution in [0.5, 0.6) is 11.5 Å². The Hall–Kier alpha value is -4.67. The molecule has 2 heterocycles. The van der Waals surface area contributed by atoms with Crippen LogP contribution in [0.1, 0.15) is 24.9 Å². The molecule has 0 radical (unpaired) electrons. The zero-order chi connectivity index (χ0) is 29.3. The van der Waals surface area contributed by atoms with E-state index in [2.05, 4.69) is 0 Å². The van der Waals surface area contributed by atoms with E-state index in [1.807, 2.05) is 25.1 Å². The molecule has 0 spiro atoms. The summed E-state index contributed by atoms with van der Waals surface area (Å²) in [7, 11) is -4.19. The average molecular weight is 585 g/mol. The van der Waals surface area contributed by atoms with E-state index in [4.69, 9.17) is 13.8 Å². The van der Waals surface area contributed by atoms with Crippen LogP contribution in [-0.4, -0.2) is 32.9 Å².